The minimum atomic E-state index is -0.961. The van der Waals surface area contributed by atoms with Crippen LogP contribution in [0.1, 0.15) is 25.3 Å². The van der Waals surface area contributed by atoms with Crippen molar-refractivity contribution >= 4 is 11.9 Å². The number of carbonyl (C=O) groups excluding carboxylic acids is 1. The summed E-state index contributed by atoms with van der Waals surface area (Å²) < 4.78 is 5.34. The molecule has 1 aliphatic rings. The molecule has 1 aromatic carbocycles. The van der Waals surface area contributed by atoms with E-state index >= 15 is 0 Å². The molecule has 1 amide bonds. The predicted molar refractivity (Wildman–Crippen MR) is 73.7 cm³/mol. The van der Waals surface area contributed by atoms with Crippen LogP contribution in [0.5, 0.6) is 5.75 Å². The summed E-state index contributed by atoms with van der Waals surface area (Å²) in [5.41, 5.74) is 0.870. The first-order valence-electron chi connectivity index (χ1n) is 6.83. The Hall–Kier alpha value is -2.04. The number of hydrogen-bond acceptors (Lipinski definition) is 3. The number of hydrogen-bond donors (Lipinski definition) is 1. The summed E-state index contributed by atoms with van der Waals surface area (Å²) >= 11 is 0. The van der Waals surface area contributed by atoms with Crippen LogP contribution >= 0.6 is 0 Å². The summed E-state index contributed by atoms with van der Waals surface area (Å²) in [4.78, 5) is 24.4. The Bertz CT molecular complexity index is 479. The van der Waals surface area contributed by atoms with Gasteiger partial charge in [0.2, 0.25) is 5.91 Å². The molecule has 2 rings (SSSR count). The SMILES string of the molecule is CCOc1ccc(CC(=O)N(CC(=O)O)C2CC2)cc1. The summed E-state index contributed by atoms with van der Waals surface area (Å²) in [6.45, 7) is 2.31. The zero-order valence-corrected chi connectivity index (χ0v) is 11.5. The molecule has 0 aromatic heterocycles. The monoisotopic (exact) mass is 277 g/mol. The molecule has 0 bridgehead atoms. The molecule has 1 saturated carbocycles. The predicted octanol–water partition coefficient (Wildman–Crippen LogP) is 1.70. The third-order valence-corrected chi connectivity index (χ3v) is 3.20. The highest BCUT2D eigenvalue weighted by atomic mass is 16.5. The normalized spacial score (nSPS) is 13.8. The van der Waals surface area contributed by atoms with Crippen molar-refractivity contribution in [3.63, 3.8) is 0 Å². The van der Waals surface area contributed by atoms with Gasteiger partial charge in [-0.2, -0.15) is 0 Å². The Morgan fingerprint density at radius 3 is 2.45 bits per heavy atom. The van der Waals surface area contributed by atoms with Crippen molar-refractivity contribution in [1.82, 2.24) is 4.90 Å². The molecule has 1 aliphatic carbocycles. The van der Waals surface area contributed by atoms with E-state index in [9.17, 15) is 9.59 Å². The van der Waals surface area contributed by atoms with Crippen LogP contribution in [-0.4, -0.2) is 41.1 Å². The number of nitrogens with zero attached hydrogens (tertiary/aromatic N) is 1. The second kappa shape index (κ2) is 6.41. The fourth-order valence-electron chi connectivity index (χ4n) is 2.10. The molecular weight excluding hydrogens is 258 g/mol. The van der Waals surface area contributed by atoms with E-state index in [-0.39, 0.29) is 24.9 Å². The number of ether oxygens (including phenoxy) is 1. The van der Waals surface area contributed by atoms with E-state index < -0.39 is 5.97 Å². The van der Waals surface area contributed by atoms with Crippen LogP contribution in [0.2, 0.25) is 0 Å². The van der Waals surface area contributed by atoms with Gasteiger partial charge in [-0.25, -0.2) is 0 Å². The molecule has 1 aromatic rings. The molecule has 0 saturated heterocycles. The topological polar surface area (TPSA) is 66.8 Å². The highest BCUT2D eigenvalue weighted by molar-refractivity contribution is 5.83. The standard InChI is InChI=1S/C15H19NO4/c1-2-20-13-7-3-11(4-8-13)9-14(17)16(10-15(18)19)12-5-6-12/h3-4,7-8,12H,2,5-6,9-10H2,1H3,(H,18,19). The second-order valence-corrected chi connectivity index (χ2v) is 4.90. The molecule has 1 N–H and O–H groups in total. The Morgan fingerprint density at radius 2 is 1.95 bits per heavy atom. The molecule has 20 heavy (non-hydrogen) atoms. The molecule has 0 unspecified atom stereocenters. The van der Waals surface area contributed by atoms with Crippen molar-refractivity contribution in [2.45, 2.75) is 32.2 Å². The van der Waals surface area contributed by atoms with E-state index in [4.69, 9.17) is 9.84 Å². The van der Waals surface area contributed by atoms with Crippen LogP contribution < -0.4 is 4.74 Å². The maximum atomic E-state index is 12.2. The molecular formula is C15H19NO4. The lowest BCUT2D eigenvalue weighted by Gasteiger charge is -2.20. The first kappa shape index (κ1) is 14.4. The quantitative estimate of drug-likeness (QED) is 0.823. The highest BCUT2D eigenvalue weighted by Gasteiger charge is 2.33. The average Bonchev–Trinajstić information content (AvgIpc) is 3.22. The van der Waals surface area contributed by atoms with Crippen molar-refractivity contribution < 1.29 is 19.4 Å². The van der Waals surface area contributed by atoms with Crippen LogP contribution in [0.25, 0.3) is 0 Å². The Kier molecular flexibility index (Phi) is 4.61. The van der Waals surface area contributed by atoms with Gasteiger partial charge in [0.05, 0.1) is 13.0 Å². The van der Waals surface area contributed by atoms with Crippen molar-refractivity contribution in [2.75, 3.05) is 13.2 Å². The minimum Gasteiger partial charge on any atom is -0.494 e. The van der Waals surface area contributed by atoms with Crippen molar-refractivity contribution in [1.29, 1.82) is 0 Å². The van der Waals surface area contributed by atoms with Gasteiger partial charge in [0, 0.05) is 6.04 Å². The van der Waals surface area contributed by atoms with Gasteiger partial charge in [-0.15, -0.1) is 0 Å². The van der Waals surface area contributed by atoms with Crippen molar-refractivity contribution in [3.05, 3.63) is 29.8 Å². The second-order valence-electron chi connectivity index (χ2n) is 4.90. The maximum absolute atomic E-state index is 12.2. The van der Waals surface area contributed by atoms with E-state index in [2.05, 4.69) is 0 Å². The summed E-state index contributed by atoms with van der Waals surface area (Å²) in [7, 11) is 0. The summed E-state index contributed by atoms with van der Waals surface area (Å²) in [5.74, 6) is -0.315. The first-order chi connectivity index (χ1) is 9.60. The fourth-order valence-corrected chi connectivity index (χ4v) is 2.10. The molecule has 0 atom stereocenters. The van der Waals surface area contributed by atoms with E-state index in [1.807, 2.05) is 31.2 Å². The van der Waals surface area contributed by atoms with Crippen LogP contribution in [-0.2, 0) is 16.0 Å². The Labute approximate surface area is 118 Å². The molecule has 0 radical (unpaired) electrons. The Morgan fingerprint density at radius 1 is 1.30 bits per heavy atom. The van der Waals surface area contributed by atoms with Crippen LogP contribution in [0.15, 0.2) is 24.3 Å². The van der Waals surface area contributed by atoms with E-state index in [0.717, 1.165) is 24.2 Å². The van der Waals surface area contributed by atoms with Gasteiger partial charge in [-0.3, -0.25) is 9.59 Å². The van der Waals surface area contributed by atoms with Crippen LogP contribution in [0, 0.1) is 0 Å². The number of rotatable bonds is 7. The molecule has 0 heterocycles. The van der Waals surface area contributed by atoms with Crippen LogP contribution in [0.4, 0.5) is 0 Å². The Balaban J connectivity index is 1.96. The van der Waals surface area contributed by atoms with Gasteiger partial charge >= 0.3 is 5.97 Å². The molecule has 1 fully saturated rings. The summed E-state index contributed by atoms with van der Waals surface area (Å²) in [5, 5.41) is 8.86. The van der Waals surface area contributed by atoms with Crippen LogP contribution in [0.3, 0.4) is 0 Å². The average molecular weight is 277 g/mol. The fraction of sp³-hybridized carbons (Fsp3) is 0.467. The first-order valence-corrected chi connectivity index (χ1v) is 6.83. The molecule has 0 aliphatic heterocycles. The largest absolute Gasteiger partial charge is 0.494 e. The van der Waals surface area contributed by atoms with Gasteiger partial charge in [0.15, 0.2) is 0 Å². The molecule has 5 nitrogen and oxygen atoms in total. The zero-order chi connectivity index (χ0) is 14.5. The lowest BCUT2D eigenvalue weighted by molar-refractivity contribution is -0.144. The van der Waals surface area contributed by atoms with Gasteiger partial charge in [0.25, 0.3) is 0 Å². The third kappa shape index (κ3) is 3.98. The van der Waals surface area contributed by atoms with Gasteiger partial charge in [-0.1, -0.05) is 12.1 Å². The van der Waals surface area contributed by atoms with Crippen molar-refractivity contribution in [3.8, 4) is 5.75 Å². The van der Waals surface area contributed by atoms with E-state index in [1.165, 1.54) is 4.90 Å². The number of carbonyl (C=O) groups is 2. The van der Waals surface area contributed by atoms with E-state index in [1.54, 1.807) is 0 Å². The van der Waals surface area contributed by atoms with Crippen molar-refractivity contribution in [2.24, 2.45) is 0 Å². The van der Waals surface area contributed by atoms with Gasteiger partial charge in [-0.05, 0) is 37.5 Å². The number of carboxylic acid groups (broad SMARTS) is 1. The van der Waals surface area contributed by atoms with Gasteiger partial charge < -0.3 is 14.7 Å². The third-order valence-electron chi connectivity index (χ3n) is 3.20. The minimum absolute atomic E-state index is 0.112. The smallest absolute Gasteiger partial charge is 0.323 e. The lowest BCUT2D eigenvalue weighted by Crippen LogP contribution is -2.38. The molecule has 0 spiro atoms. The maximum Gasteiger partial charge on any atom is 0.323 e. The number of carboxylic acids is 1. The lowest BCUT2D eigenvalue weighted by atomic mass is 10.1. The number of benzene rings is 1. The van der Waals surface area contributed by atoms with E-state index in [0.29, 0.717) is 6.61 Å². The molecule has 108 valence electrons. The number of amides is 1. The van der Waals surface area contributed by atoms with Gasteiger partial charge in [0.1, 0.15) is 12.3 Å². The highest BCUT2D eigenvalue weighted by Crippen LogP contribution is 2.27. The molecule has 5 heteroatoms. The summed E-state index contributed by atoms with van der Waals surface area (Å²) in [6, 6.07) is 7.44. The zero-order valence-electron chi connectivity index (χ0n) is 11.5. The summed E-state index contributed by atoms with van der Waals surface area (Å²) in [6.07, 6.45) is 2.04. The number of aliphatic carboxylic acids is 1.